The van der Waals surface area contributed by atoms with Crippen molar-refractivity contribution in [2.45, 2.75) is 33.7 Å². The first-order chi connectivity index (χ1) is 11.5. The Morgan fingerprint density at radius 3 is 2.75 bits per heavy atom. The van der Waals surface area contributed by atoms with Gasteiger partial charge in [-0.1, -0.05) is 12.1 Å². The van der Waals surface area contributed by atoms with Gasteiger partial charge in [-0.25, -0.2) is 9.67 Å². The Bertz CT molecular complexity index is 863. The molecule has 0 aliphatic carbocycles. The molecule has 0 saturated heterocycles. The van der Waals surface area contributed by atoms with E-state index in [1.165, 1.54) is 11.3 Å². The summed E-state index contributed by atoms with van der Waals surface area (Å²) < 4.78 is 1.73. The van der Waals surface area contributed by atoms with Crippen LogP contribution in [0.3, 0.4) is 0 Å². The van der Waals surface area contributed by atoms with Crippen LogP contribution in [0.2, 0.25) is 0 Å². The van der Waals surface area contributed by atoms with Gasteiger partial charge in [0.25, 0.3) is 5.91 Å². The first-order valence-electron chi connectivity index (χ1n) is 7.59. The SMILES string of the molecule is Cc1nc(NC(=O)c2cccc(-c3nnnn3C(C)C)c2)sc1C. The second-order valence-corrected chi connectivity index (χ2v) is 6.94. The lowest BCUT2D eigenvalue weighted by molar-refractivity contribution is 0.102. The highest BCUT2D eigenvalue weighted by atomic mass is 32.1. The standard InChI is InChI=1S/C16H18N6OS/c1-9(2)22-14(19-20-21-22)12-6-5-7-13(8-12)15(23)18-16-17-10(3)11(4)24-16/h5-9H,1-4H3,(H,17,18,23). The number of aryl methyl sites for hydroxylation is 2. The number of thiazole rings is 1. The highest BCUT2D eigenvalue weighted by Crippen LogP contribution is 2.23. The van der Waals surface area contributed by atoms with Crippen LogP contribution < -0.4 is 5.32 Å². The Morgan fingerprint density at radius 1 is 1.29 bits per heavy atom. The average molecular weight is 342 g/mol. The Hall–Kier alpha value is -2.61. The molecule has 0 aliphatic heterocycles. The molecule has 0 saturated carbocycles. The largest absolute Gasteiger partial charge is 0.298 e. The Kier molecular flexibility index (Phi) is 4.39. The van der Waals surface area contributed by atoms with Crippen molar-refractivity contribution in [2.75, 3.05) is 5.32 Å². The number of carbonyl (C=O) groups is 1. The zero-order chi connectivity index (χ0) is 17.3. The number of rotatable bonds is 4. The van der Waals surface area contributed by atoms with E-state index >= 15 is 0 Å². The molecule has 2 heterocycles. The molecule has 7 nitrogen and oxygen atoms in total. The van der Waals surface area contributed by atoms with E-state index in [1.807, 2.05) is 39.8 Å². The molecule has 0 unspecified atom stereocenters. The molecule has 0 atom stereocenters. The van der Waals surface area contributed by atoms with Crippen molar-refractivity contribution in [3.8, 4) is 11.4 Å². The fraction of sp³-hybridized carbons (Fsp3) is 0.312. The minimum absolute atomic E-state index is 0.133. The van der Waals surface area contributed by atoms with Crippen LogP contribution in [0.5, 0.6) is 0 Å². The zero-order valence-electron chi connectivity index (χ0n) is 13.9. The summed E-state index contributed by atoms with van der Waals surface area (Å²) in [6.45, 7) is 7.91. The summed E-state index contributed by atoms with van der Waals surface area (Å²) in [6.07, 6.45) is 0. The molecule has 0 spiro atoms. The molecule has 124 valence electrons. The molecule has 24 heavy (non-hydrogen) atoms. The highest BCUT2D eigenvalue weighted by molar-refractivity contribution is 7.15. The number of tetrazole rings is 1. The number of hydrogen-bond donors (Lipinski definition) is 1. The predicted molar refractivity (Wildman–Crippen MR) is 93.2 cm³/mol. The van der Waals surface area contributed by atoms with Crippen LogP contribution in [0, 0.1) is 13.8 Å². The maximum atomic E-state index is 12.5. The van der Waals surface area contributed by atoms with Crippen LogP contribution in [-0.4, -0.2) is 31.1 Å². The quantitative estimate of drug-likeness (QED) is 0.786. The van der Waals surface area contributed by atoms with Crippen LogP contribution in [0.15, 0.2) is 24.3 Å². The molecule has 3 rings (SSSR count). The van der Waals surface area contributed by atoms with E-state index < -0.39 is 0 Å². The first-order valence-corrected chi connectivity index (χ1v) is 8.41. The van der Waals surface area contributed by atoms with Crippen LogP contribution >= 0.6 is 11.3 Å². The number of anilines is 1. The third-order valence-corrected chi connectivity index (χ3v) is 4.60. The summed E-state index contributed by atoms with van der Waals surface area (Å²) in [6, 6.07) is 7.39. The van der Waals surface area contributed by atoms with Gasteiger partial charge in [-0.15, -0.1) is 16.4 Å². The van der Waals surface area contributed by atoms with Crippen molar-refractivity contribution in [3.63, 3.8) is 0 Å². The molecule has 0 aliphatic rings. The number of nitrogens with one attached hydrogen (secondary N) is 1. The van der Waals surface area contributed by atoms with Gasteiger partial charge in [0.15, 0.2) is 11.0 Å². The summed E-state index contributed by atoms with van der Waals surface area (Å²) in [4.78, 5) is 17.9. The lowest BCUT2D eigenvalue weighted by Crippen LogP contribution is -2.12. The highest BCUT2D eigenvalue weighted by Gasteiger charge is 2.15. The average Bonchev–Trinajstić information content (AvgIpc) is 3.15. The molecule has 0 radical (unpaired) electrons. The Morgan fingerprint density at radius 2 is 2.08 bits per heavy atom. The minimum atomic E-state index is -0.200. The van der Waals surface area contributed by atoms with Crippen LogP contribution in [-0.2, 0) is 0 Å². The number of nitrogens with zero attached hydrogens (tertiary/aromatic N) is 5. The van der Waals surface area contributed by atoms with Crippen molar-refractivity contribution in [1.82, 2.24) is 25.2 Å². The summed E-state index contributed by atoms with van der Waals surface area (Å²) in [5, 5.41) is 15.2. The predicted octanol–water partition coefficient (Wildman–Crippen LogP) is 3.25. The fourth-order valence-electron chi connectivity index (χ4n) is 2.23. The number of carbonyl (C=O) groups excluding carboxylic acids is 1. The molecular weight excluding hydrogens is 324 g/mol. The normalized spacial score (nSPS) is 11.0. The van der Waals surface area contributed by atoms with E-state index in [0.29, 0.717) is 16.5 Å². The zero-order valence-corrected chi connectivity index (χ0v) is 14.8. The van der Waals surface area contributed by atoms with E-state index in [1.54, 1.807) is 16.8 Å². The van der Waals surface area contributed by atoms with Crippen molar-refractivity contribution >= 4 is 22.4 Å². The molecule has 0 fully saturated rings. The summed E-state index contributed by atoms with van der Waals surface area (Å²) in [5.74, 6) is 0.440. The van der Waals surface area contributed by atoms with Crippen molar-refractivity contribution in [2.24, 2.45) is 0 Å². The number of aromatic nitrogens is 5. The number of hydrogen-bond acceptors (Lipinski definition) is 6. The Labute approximate surface area is 143 Å². The van der Waals surface area contributed by atoms with Crippen molar-refractivity contribution in [3.05, 3.63) is 40.4 Å². The number of amides is 1. The van der Waals surface area contributed by atoms with E-state index in [4.69, 9.17) is 0 Å². The molecule has 3 aromatic rings. The fourth-order valence-corrected chi connectivity index (χ4v) is 3.04. The van der Waals surface area contributed by atoms with Gasteiger partial charge in [0.1, 0.15) is 0 Å². The lowest BCUT2D eigenvalue weighted by atomic mass is 10.1. The maximum absolute atomic E-state index is 12.5. The van der Waals surface area contributed by atoms with E-state index in [-0.39, 0.29) is 11.9 Å². The molecule has 1 N–H and O–H groups in total. The summed E-state index contributed by atoms with van der Waals surface area (Å²) >= 11 is 1.47. The summed E-state index contributed by atoms with van der Waals surface area (Å²) in [5.41, 5.74) is 2.27. The van der Waals surface area contributed by atoms with Gasteiger partial charge >= 0.3 is 0 Å². The van der Waals surface area contributed by atoms with Gasteiger partial charge in [0.05, 0.1) is 11.7 Å². The van der Waals surface area contributed by atoms with Gasteiger partial charge in [-0.2, -0.15) is 0 Å². The smallest absolute Gasteiger partial charge is 0.257 e. The molecule has 1 amide bonds. The first kappa shape index (κ1) is 16.3. The maximum Gasteiger partial charge on any atom is 0.257 e. The van der Waals surface area contributed by atoms with Crippen molar-refractivity contribution < 1.29 is 4.79 Å². The van der Waals surface area contributed by atoms with Gasteiger partial charge in [-0.05, 0) is 50.3 Å². The minimum Gasteiger partial charge on any atom is -0.298 e. The van der Waals surface area contributed by atoms with Gasteiger partial charge < -0.3 is 0 Å². The molecule has 0 bridgehead atoms. The third-order valence-electron chi connectivity index (χ3n) is 3.61. The molecular formula is C16H18N6OS. The molecule has 2 aromatic heterocycles. The van der Waals surface area contributed by atoms with Crippen LogP contribution in [0.4, 0.5) is 5.13 Å². The van der Waals surface area contributed by atoms with Crippen LogP contribution in [0.25, 0.3) is 11.4 Å². The summed E-state index contributed by atoms with van der Waals surface area (Å²) in [7, 11) is 0. The van der Waals surface area contributed by atoms with E-state index in [0.717, 1.165) is 16.1 Å². The Balaban J connectivity index is 1.87. The lowest BCUT2D eigenvalue weighted by Gasteiger charge is -2.08. The van der Waals surface area contributed by atoms with Gasteiger partial charge in [0.2, 0.25) is 0 Å². The van der Waals surface area contributed by atoms with Gasteiger partial charge in [-0.3, -0.25) is 10.1 Å². The second kappa shape index (κ2) is 6.48. The van der Waals surface area contributed by atoms with E-state index in [2.05, 4.69) is 25.8 Å². The van der Waals surface area contributed by atoms with E-state index in [9.17, 15) is 4.79 Å². The van der Waals surface area contributed by atoms with Crippen LogP contribution in [0.1, 0.15) is 40.8 Å². The topological polar surface area (TPSA) is 85.6 Å². The van der Waals surface area contributed by atoms with Crippen molar-refractivity contribution in [1.29, 1.82) is 0 Å². The number of benzene rings is 1. The monoisotopic (exact) mass is 342 g/mol. The molecule has 8 heteroatoms. The molecule has 1 aromatic carbocycles. The third kappa shape index (κ3) is 3.18. The van der Waals surface area contributed by atoms with Gasteiger partial charge in [0, 0.05) is 16.0 Å². The second-order valence-electron chi connectivity index (χ2n) is 5.74.